The Kier molecular flexibility index (Phi) is 6.76. The van der Waals surface area contributed by atoms with E-state index in [9.17, 15) is 18.4 Å². The maximum atomic E-state index is 12.4. The Labute approximate surface area is 147 Å². The third kappa shape index (κ3) is 5.75. The van der Waals surface area contributed by atoms with Crippen LogP contribution in [0, 0.1) is 0 Å². The quantitative estimate of drug-likeness (QED) is 0.737. The topological polar surface area (TPSA) is 67.4 Å². The van der Waals surface area contributed by atoms with Gasteiger partial charge in [0.2, 0.25) is 5.91 Å². The zero-order valence-corrected chi connectivity index (χ0v) is 14.1. The Balaban J connectivity index is 1.92. The van der Waals surface area contributed by atoms with E-state index >= 15 is 0 Å². The standard InChI is InChI=1S/C17H16F2N2O3S/c1-25-12-8-6-11(7-9-12)21-15(22)10-20-16(23)13-4-2-3-5-14(13)24-17(18)19/h2-9,17H,10H2,1H3,(H,20,23)(H,21,22). The lowest BCUT2D eigenvalue weighted by atomic mass is 10.2. The lowest BCUT2D eigenvalue weighted by Gasteiger charge is -2.11. The van der Waals surface area contributed by atoms with Crippen LogP contribution < -0.4 is 15.4 Å². The van der Waals surface area contributed by atoms with E-state index < -0.39 is 18.4 Å². The number of alkyl halides is 2. The van der Waals surface area contributed by atoms with E-state index in [1.807, 2.05) is 18.4 Å². The first-order valence-electron chi connectivity index (χ1n) is 7.25. The molecule has 2 aromatic rings. The minimum Gasteiger partial charge on any atom is -0.434 e. The summed E-state index contributed by atoms with van der Waals surface area (Å²) in [5, 5.41) is 5.01. The van der Waals surface area contributed by atoms with Gasteiger partial charge in [0.05, 0.1) is 12.1 Å². The molecule has 2 rings (SSSR count). The summed E-state index contributed by atoms with van der Waals surface area (Å²) >= 11 is 1.58. The molecule has 2 amide bonds. The van der Waals surface area contributed by atoms with Crippen LogP contribution in [0.4, 0.5) is 14.5 Å². The van der Waals surface area contributed by atoms with Crippen molar-refractivity contribution in [2.24, 2.45) is 0 Å². The molecule has 2 aromatic carbocycles. The third-order valence-corrected chi connectivity index (χ3v) is 3.87. The molecule has 0 saturated heterocycles. The molecule has 0 aromatic heterocycles. The van der Waals surface area contributed by atoms with Gasteiger partial charge in [-0.15, -0.1) is 11.8 Å². The summed E-state index contributed by atoms with van der Waals surface area (Å²) in [7, 11) is 0. The highest BCUT2D eigenvalue weighted by Crippen LogP contribution is 2.20. The van der Waals surface area contributed by atoms with E-state index in [4.69, 9.17) is 0 Å². The molecule has 0 aliphatic carbocycles. The van der Waals surface area contributed by atoms with Gasteiger partial charge in [-0.2, -0.15) is 8.78 Å². The van der Waals surface area contributed by atoms with Gasteiger partial charge in [0.15, 0.2) is 0 Å². The monoisotopic (exact) mass is 366 g/mol. The van der Waals surface area contributed by atoms with Gasteiger partial charge in [-0.25, -0.2) is 0 Å². The molecule has 5 nitrogen and oxygen atoms in total. The number of benzene rings is 2. The van der Waals surface area contributed by atoms with E-state index in [0.717, 1.165) is 4.90 Å². The minimum atomic E-state index is -3.04. The van der Waals surface area contributed by atoms with E-state index in [0.29, 0.717) is 5.69 Å². The first-order chi connectivity index (χ1) is 12.0. The Hall–Kier alpha value is -2.61. The molecule has 0 heterocycles. The second kappa shape index (κ2) is 9.03. The molecule has 2 N–H and O–H groups in total. The summed E-state index contributed by atoms with van der Waals surface area (Å²) < 4.78 is 29.0. The molecule has 0 aliphatic heterocycles. The first-order valence-corrected chi connectivity index (χ1v) is 8.48. The highest BCUT2D eigenvalue weighted by Gasteiger charge is 2.16. The van der Waals surface area contributed by atoms with Gasteiger partial charge in [0.1, 0.15) is 5.75 Å². The Morgan fingerprint density at radius 1 is 1.12 bits per heavy atom. The Bertz CT molecular complexity index is 739. The lowest BCUT2D eigenvalue weighted by molar-refractivity contribution is -0.115. The van der Waals surface area contributed by atoms with Crippen molar-refractivity contribution in [1.29, 1.82) is 0 Å². The molecule has 0 fully saturated rings. The summed E-state index contributed by atoms with van der Waals surface area (Å²) in [5.74, 6) is -1.36. The number of nitrogens with one attached hydrogen (secondary N) is 2. The number of hydrogen-bond donors (Lipinski definition) is 2. The molecule has 0 spiro atoms. The predicted molar refractivity (Wildman–Crippen MR) is 92.3 cm³/mol. The van der Waals surface area contributed by atoms with Crippen LogP contribution >= 0.6 is 11.8 Å². The molecule has 0 atom stereocenters. The number of ether oxygens (including phenoxy) is 1. The number of carbonyl (C=O) groups is 2. The van der Waals surface area contributed by atoms with Gasteiger partial charge in [-0.05, 0) is 42.7 Å². The number of halogens is 2. The van der Waals surface area contributed by atoms with E-state index in [1.165, 1.54) is 24.3 Å². The number of hydrogen-bond acceptors (Lipinski definition) is 4. The van der Waals surface area contributed by atoms with Crippen LogP contribution in [0.1, 0.15) is 10.4 Å². The number of anilines is 1. The van der Waals surface area contributed by atoms with Crippen LogP contribution in [-0.4, -0.2) is 31.2 Å². The minimum absolute atomic E-state index is 0.0695. The molecular formula is C17H16F2N2O3S. The molecule has 0 aliphatic rings. The highest BCUT2D eigenvalue weighted by atomic mass is 32.2. The smallest absolute Gasteiger partial charge is 0.387 e. The van der Waals surface area contributed by atoms with Crippen molar-refractivity contribution in [3.63, 3.8) is 0 Å². The van der Waals surface area contributed by atoms with E-state index in [1.54, 1.807) is 23.9 Å². The number of carbonyl (C=O) groups excluding carboxylic acids is 2. The van der Waals surface area contributed by atoms with Crippen molar-refractivity contribution >= 4 is 29.3 Å². The highest BCUT2D eigenvalue weighted by molar-refractivity contribution is 7.98. The van der Waals surface area contributed by atoms with Crippen molar-refractivity contribution in [3.8, 4) is 5.75 Å². The summed E-state index contributed by atoms with van der Waals surface area (Å²) in [4.78, 5) is 25.0. The van der Waals surface area contributed by atoms with Crippen LogP contribution in [0.5, 0.6) is 5.75 Å². The van der Waals surface area contributed by atoms with Crippen LogP contribution in [0.3, 0.4) is 0 Å². The van der Waals surface area contributed by atoms with Crippen molar-refractivity contribution < 1.29 is 23.1 Å². The number of amides is 2. The molecule has 8 heteroatoms. The van der Waals surface area contributed by atoms with Gasteiger partial charge in [-0.1, -0.05) is 12.1 Å². The van der Waals surface area contributed by atoms with Gasteiger partial charge >= 0.3 is 6.61 Å². The van der Waals surface area contributed by atoms with Gasteiger partial charge < -0.3 is 15.4 Å². The third-order valence-electron chi connectivity index (χ3n) is 3.13. The molecular weight excluding hydrogens is 350 g/mol. The maximum Gasteiger partial charge on any atom is 0.387 e. The lowest BCUT2D eigenvalue weighted by Crippen LogP contribution is -2.33. The van der Waals surface area contributed by atoms with E-state index in [-0.39, 0.29) is 17.9 Å². The normalized spacial score (nSPS) is 10.4. The SMILES string of the molecule is CSc1ccc(NC(=O)CNC(=O)c2ccccc2OC(F)F)cc1. The van der Waals surface area contributed by atoms with Gasteiger partial charge in [0.25, 0.3) is 5.91 Å². The molecule has 0 radical (unpaired) electrons. The molecule has 25 heavy (non-hydrogen) atoms. The molecule has 0 unspecified atom stereocenters. The van der Waals surface area contributed by atoms with E-state index in [2.05, 4.69) is 15.4 Å². The average Bonchev–Trinajstić information content (AvgIpc) is 2.60. The largest absolute Gasteiger partial charge is 0.434 e. The van der Waals surface area contributed by atoms with Gasteiger partial charge in [-0.3, -0.25) is 9.59 Å². The Morgan fingerprint density at radius 3 is 2.44 bits per heavy atom. The van der Waals surface area contributed by atoms with Crippen LogP contribution in [0.15, 0.2) is 53.4 Å². The molecule has 132 valence electrons. The van der Waals surface area contributed by atoms with Crippen LogP contribution in [0.25, 0.3) is 0 Å². The van der Waals surface area contributed by atoms with Crippen molar-refractivity contribution in [1.82, 2.24) is 5.32 Å². The summed E-state index contributed by atoms with van der Waals surface area (Å²) in [6, 6.07) is 12.8. The zero-order chi connectivity index (χ0) is 18.2. The fraction of sp³-hybridized carbons (Fsp3) is 0.176. The van der Waals surface area contributed by atoms with Crippen LogP contribution in [0.2, 0.25) is 0 Å². The second-order valence-corrected chi connectivity index (χ2v) is 5.71. The molecule has 0 bridgehead atoms. The maximum absolute atomic E-state index is 12.4. The van der Waals surface area contributed by atoms with Crippen molar-refractivity contribution in [3.05, 3.63) is 54.1 Å². The Morgan fingerprint density at radius 2 is 1.80 bits per heavy atom. The summed E-state index contributed by atoms with van der Waals surface area (Å²) in [6.07, 6.45) is 1.94. The average molecular weight is 366 g/mol. The second-order valence-electron chi connectivity index (χ2n) is 4.83. The van der Waals surface area contributed by atoms with Gasteiger partial charge in [0, 0.05) is 10.6 Å². The molecule has 0 saturated carbocycles. The summed E-state index contributed by atoms with van der Waals surface area (Å²) in [6.45, 7) is -3.34. The van der Waals surface area contributed by atoms with Crippen molar-refractivity contribution in [2.75, 3.05) is 18.1 Å². The first kappa shape index (κ1) is 18.7. The fourth-order valence-electron chi connectivity index (χ4n) is 1.99. The summed E-state index contributed by atoms with van der Waals surface area (Å²) in [5.41, 5.74) is 0.526. The predicted octanol–water partition coefficient (Wildman–Crippen LogP) is 3.38. The van der Waals surface area contributed by atoms with Crippen LogP contribution in [-0.2, 0) is 4.79 Å². The zero-order valence-electron chi connectivity index (χ0n) is 13.3. The number of rotatable bonds is 7. The number of thioether (sulfide) groups is 1. The number of para-hydroxylation sites is 1. The van der Waals surface area contributed by atoms with Crippen molar-refractivity contribution in [2.45, 2.75) is 11.5 Å². The fourth-order valence-corrected chi connectivity index (χ4v) is 2.40.